The average Bonchev–Trinajstić information content (AvgIpc) is 3.48. The Morgan fingerprint density at radius 3 is 2.50 bits per heavy atom. The molecule has 2 saturated heterocycles. The molecule has 2 aliphatic carbocycles. The fourth-order valence-corrected chi connectivity index (χ4v) is 9.02. The van der Waals surface area contributed by atoms with Crippen molar-refractivity contribution in [2.75, 3.05) is 12.0 Å². The summed E-state index contributed by atoms with van der Waals surface area (Å²) in [6.07, 6.45) is 2.98. The van der Waals surface area contributed by atoms with Gasteiger partial charge in [0, 0.05) is 22.9 Å². The predicted octanol–water partition coefficient (Wildman–Crippen LogP) is 5.33. The Morgan fingerprint density at radius 1 is 0.958 bits per heavy atom. The number of anilines is 1. The van der Waals surface area contributed by atoms with Crippen LogP contribution in [0.1, 0.15) is 24.0 Å². The molecule has 11 heteroatoms. The SMILES string of the molecule is COC(=O)N1C(=O)C2CC=C3C(CC4C(=O)N(c5cccc(Cl)c5)C(=O)C4(c4ccccc4)C3C3=COc4ccc(O)cc4C3)C2C1=O. The summed E-state index contributed by atoms with van der Waals surface area (Å²) in [6.45, 7) is 0. The molecule has 0 radical (unpaired) electrons. The largest absolute Gasteiger partial charge is 0.508 e. The molecule has 3 aromatic rings. The van der Waals surface area contributed by atoms with Gasteiger partial charge >= 0.3 is 6.09 Å². The van der Waals surface area contributed by atoms with Crippen molar-refractivity contribution in [3.05, 3.63) is 112 Å². The lowest BCUT2D eigenvalue weighted by atomic mass is 9.48. The molecule has 3 heterocycles. The van der Waals surface area contributed by atoms with Gasteiger partial charge in [-0.05, 0) is 66.3 Å². The Labute approximate surface area is 280 Å². The first kappa shape index (κ1) is 30.1. The smallest absolute Gasteiger partial charge is 0.423 e. The molecule has 48 heavy (non-hydrogen) atoms. The summed E-state index contributed by atoms with van der Waals surface area (Å²) in [5, 5.41) is 10.7. The predicted molar refractivity (Wildman–Crippen MR) is 172 cm³/mol. The zero-order valence-corrected chi connectivity index (χ0v) is 26.4. The van der Waals surface area contributed by atoms with Gasteiger partial charge in [-0.2, -0.15) is 4.90 Å². The highest BCUT2D eigenvalue weighted by Gasteiger charge is 2.71. The van der Waals surface area contributed by atoms with Crippen molar-refractivity contribution in [2.45, 2.75) is 24.7 Å². The minimum absolute atomic E-state index is 0.0488. The number of phenolic OH excluding ortho intramolecular Hbond substituents is 1. The van der Waals surface area contributed by atoms with Crippen LogP contribution in [0.15, 0.2) is 96.3 Å². The number of rotatable bonds is 3. The third-order valence-corrected chi connectivity index (χ3v) is 10.9. The number of halogens is 1. The van der Waals surface area contributed by atoms with Crippen LogP contribution in [0.5, 0.6) is 11.5 Å². The highest BCUT2D eigenvalue weighted by molar-refractivity contribution is 6.32. The normalized spacial score (nSPS) is 28.9. The fraction of sp³-hybridized carbons (Fsp3) is 0.270. The maximum absolute atomic E-state index is 15.3. The second kappa shape index (κ2) is 10.9. The number of ether oxygens (including phenoxy) is 2. The van der Waals surface area contributed by atoms with E-state index < -0.39 is 64.7 Å². The highest BCUT2D eigenvalue weighted by Crippen LogP contribution is 2.63. The average molecular weight is 665 g/mol. The number of nitrogens with zero attached hydrogens (tertiary/aromatic N) is 2. The lowest BCUT2D eigenvalue weighted by Gasteiger charge is -2.51. The molecule has 0 aromatic heterocycles. The van der Waals surface area contributed by atoms with Gasteiger partial charge in [0.1, 0.15) is 11.5 Å². The number of imide groups is 4. The zero-order chi connectivity index (χ0) is 33.5. The van der Waals surface area contributed by atoms with E-state index in [0.717, 1.165) is 12.7 Å². The third-order valence-electron chi connectivity index (χ3n) is 10.7. The topological polar surface area (TPSA) is 131 Å². The van der Waals surface area contributed by atoms with Crippen LogP contribution in [0, 0.1) is 29.6 Å². The Kier molecular flexibility index (Phi) is 6.85. The van der Waals surface area contributed by atoms with E-state index in [-0.39, 0.29) is 25.0 Å². The molecule has 5 amide bonds. The quantitative estimate of drug-likeness (QED) is 0.294. The second-order valence-corrected chi connectivity index (χ2v) is 13.3. The fourth-order valence-electron chi connectivity index (χ4n) is 8.83. The maximum Gasteiger partial charge on any atom is 0.423 e. The van der Waals surface area contributed by atoms with Crippen molar-refractivity contribution in [1.82, 2.24) is 4.90 Å². The summed E-state index contributed by atoms with van der Waals surface area (Å²) in [5.41, 5.74) is 1.58. The molecule has 6 unspecified atom stereocenters. The van der Waals surface area contributed by atoms with Gasteiger partial charge in [0.05, 0.1) is 42.2 Å². The molecule has 6 atom stereocenters. The summed E-state index contributed by atoms with van der Waals surface area (Å²) in [5.74, 6) is -5.75. The monoisotopic (exact) mass is 664 g/mol. The van der Waals surface area contributed by atoms with Gasteiger partial charge in [-0.1, -0.05) is 59.6 Å². The number of likely N-dealkylation sites (tertiary alicyclic amines) is 1. The number of carbonyl (C=O) groups excluding carboxylic acids is 5. The number of phenols is 1. The van der Waals surface area contributed by atoms with E-state index in [0.29, 0.717) is 38.1 Å². The van der Waals surface area contributed by atoms with Gasteiger partial charge in [0.15, 0.2) is 0 Å². The summed E-state index contributed by atoms with van der Waals surface area (Å²) in [4.78, 5) is 71.8. The van der Waals surface area contributed by atoms with Crippen molar-refractivity contribution in [1.29, 1.82) is 0 Å². The second-order valence-electron chi connectivity index (χ2n) is 12.9. The first-order chi connectivity index (χ1) is 23.2. The molecule has 3 aromatic carbocycles. The van der Waals surface area contributed by atoms with E-state index in [1.807, 2.05) is 36.4 Å². The molecule has 242 valence electrons. The van der Waals surface area contributed by atoms with E-state index in [9.17, 15) is 24.3 Å². The number of methoxy groups -OCH3 is 1. The van der Waals surface area contributed by atoms with Gasteiger partial charge in [-0.15, -0.1) is 0 Å². The van der Waals surface area contributed by atoms with Gasteiger partial charge in [0.2, 0.25) is 23.6 Å². The van der Waals surface area contributed by atoms with Gasteiger partial charge in [-0.3, -0.25) is 19.2 Å². The number of hydrogen-bond donors (Lipinski definition) is 1. The van der Waals surface area contributed by atoms with Crippen LogP contribution < -0.4 is 9.64 Å². The number of hydrogen-bond acceptors (Lipinski definition) is 8. The number of carbonyl (C=O) groups is 5. The molecule has 1 saturated carbocycles. The summed E-state index contributed by atoms with van der Waals surface area (Å²) in [6, 6.07) is 20.5. The van der Waals surface area contributed by atoms with Crippen molar-refractivity contribution in [2.24, 2.45) is 29.6 Å². The van der Waals surface area contributed by atoms with Crippen LogP contribution in [-0.4, -0.2) is 46.8 Å². The molecule has 1 N–H and O–H groups in total. The lowest BCUT2D eigenvalue weighted by Crippen LogP contribution is -2.55. The maximum atomic E-state index is 15.3. The van der Waals surface area contributed by atoms with Gasteiger partial charge in [-0.25, -0.2) is 9.69 Å². The zero-order valence-electron chi connectivity index (χ0n) is 25.7. The molecular formula is C37H29ClN2O8. The van der Waals surface area contributed by atoms with Gasteiger partial charge < -0.3 is 14.6 Å². The molecule has 10 nitrogen and oxygen atoms in total. The Hall–Kier alpha value is -5.22. The minimum Gasteiger partial charge on any atom is -0.508 e. The molecule has 0 spiro atoms. The number of amides is 5. The summed E-state index contributed by atoms with van der Waals surface area (Å²) >= 11 is 6.36. The Bertz CT molecular complexity index is 2010. The van der Waals surface area contributed by atoms with Crippen LogP contribution in [0.2, 0.25) is 5.02 Å². The molecule has 5 aliphatic rings. The number of fused-ring (bicyclic) bond motifs is 5. The van der Waals surface area contributed by atoms with Crippen LogP contribution in [0.25, 0.3) is 0 Å². The first-order valence-corrected chi connectivity index (χ1v) is 16.1. The van der Waals surface area contributed by atoms with Gasteiger partial charge in [0.25, 0.3) is 0 Å². The van der Waals surface area contributed by atoms with Crippen LogP contribution in [0.4, 0.5) is 10.5 Å². The lowest BCUT2D eigenvalue weighted by molar-refractivity contribution is -0.138. The van der Waals surface area contributed by atoms with Crippen molar-refractivity contribution >= 4 is 47.0 Å². The molecule has 3 fully saturated rings. The minimum atomic E-state index is -1.47. The number of allylic oxidation sites excluding steroid dienone is 3. The summed E-state index contributed by atoms with van der Waals surface area (Å²) in [7, 11) is 1.11. The highest BCUT2D eigenvalue weighted by atomic mass is 35.5. The van der Waals surface area contributed by atoms with Crippen LogP contribution >= 0.6 is 11.6 Å². The Morgan fingerprint density at radius 2 is 1.75 bits per heavy atom. The number of aromatic hydroxyl groups is 1. The molecule has 0 bridgehead atoms. The standard InChI is InChI=1S/C37H29ClN2O8/c1-47-36(46)40-32(42)26-12-11-25-27(30(26)34(40)44)17-28-33(43)39(23-9-5-8-22(38)16-23)35(45)37(28,21-6-3-2-4-7-21)31(25)20-14-19-15-24(41)10-13-29(19)48-18-20/h2-11,13,15-16,18,26-28,30-31,41H,12,14,17H2,1H3. The molecule has 3 aliphatic heterocycles. The van der Waals surface area contributed by atoms with Crippen molar-refractivity contribution in [3.8, 4) is 11.5 Å². The van der Waals surface area contributed by atoms with Crippen molar-refractivity contribution < 1.29 is 38.6 Å². The van der Waals surface area contributed by atoms with Crippen LogP contribution in [-0.2, 0) is 35.8 Å². The van der Waals surface area contributed by atoms with E-state index in [1.54, 1.807) is 42.7 Å². The van der Waals surface area contributed by atoms with E-state index in [2.05, 4.69) is 0 Å². The van der Waals surface area contributed by atoms with E-state index >= 15 is 4.79 Å². The third kappa shape index (κ3) is 4.08. The number of benzene rings is 3. The molecule has 8 rings (SSSR count). The summed E-state index contributed by atoms with van der Waals surface area (Å²) < 4.78 is 10.9. The Balaban J connectivity index is 1.36. The first-order valence-electron chi connectivity index (χ1n) is 15.7. The van der Waals surface area contributed by atoms with E-state index in [1.165, 1.54) is 11.0 Å². The van der Waals surface area contributed by atoms with Crippen LogP contribution in [0.3, 0.4) is 0 Å². The van der Waals surface area contributed by atoms with E-state index in [4.69, 9.17) is 21.1 Å². The van der Waals surface area contributed by atoms with Crippen molar-refractivity contribution in [3.63, 3.8) is 0 Å². The molecular weight excluding hydrogens is 636 g/mol.